The van der Waals surface area contributed by atoms with Gasteiger partial charge in [-0.25, -0.2) is 19.7 Å². The Kier molecular flexibility index (Phi) is 5.16. The first kappa shape index (κ1) is 19.7. The smallest absolute Gasteiger partial charge is 0.295 e. The van der Waals surface area contributed by atoms with E-state index in [-0.39, 0.29) is 11.6 Å². The van der Waals surface area contributed by atoms with Gasteiger partial charge in [0.2, 0.25) is 11.6 Å². The highest BCUT2D eigenvalue weighted by atomic mass is 79.9. The Bertz CT molecular complexity index is 1370. The summed E-state index contributed by atoms with van der Waals surface area (Å²) in [6.07, 6.45) is 6.35. The van der Waals surface area contributed by atoms with Crippen molar-refractivity contribution < 1.29 is 4.52 Å². The highest BCUT2D eigenvalue weighted by Gasteiger charge is 2.19. The molecule has 0 aliphatic heterocycles. The molecule has 0 amide bonds. The van der Waals surface area contributed by atoms with Crippen molar-refractivity contribution >= 4 is 27.1 Å². The standard InChI is InChI=1S/C22H19BrN6O2/c1-13-5-7-14(8-6-13)9-10-29-12-24-19-18(29)17(15-3-2-4-16(23)11-15)25-20(26-19)21-27-22(30)31-28-21/h2-4,11-14H,5-8H2,1H3,(H,27,28,30). The predicted molar refractivity (Wildman–Crippen MR) is 119 cm³/mol. The van der Waals surface area contributed by atoms with Crippen LogP contribution in [0.4, 0.5) is 0 Å². The number of hydrogen-bond donors (Lipinski definition) is 1. The predicted octanol–water partition coefficient (Wildman–Crippen LogP) is 4.23. The molecule has 0 spiro atoms. The fourth-order valence-corrected chi connectivity index (χ4v) is 4.24. The molecular formula is C22H19BrN6O2. The van der Waals surface area contributed by atoms with Crippen LogP contribution >= 0.6 is 15.9 Å². The monoisotopic (exact) mass is 478 g/mol. The van der Waals surface area contributed by atoms with Crippen LogP contribution in [-0.2, 0) is 0 Å². The number of halogens is 1. The largest absolute Gasteiger partial charge is 0.439 e. The third kappa shape index (κ3) is 4.03. The topological polar surface area (TPSA) is 102 Å². The maximum absolute atomic E-state index is 11.4. The normalized spacial score (nSPS) is 18.6. The average Bonchev–Trinajstić information content (AvgIpc) is 3.39. The number of nitrogens with one attached hydrogen (secondary N) is 1. The summed E-state index contributed by atoms with van der Waals surface area (Å²) in [6, 6.07) is 11.1. The Morgan fingerprint density at radius 1 is 1.23 bits per heavy atom. The maximum atomic E-state index is 11.4. The molecule has 156 valence electrons. The molecule has 4 aromatic rings. The van der Waals surface area contributed by atoms with Gasteiger partial charge in [-0.2, -0.15) is 0 Å². The number of hydrogen-bond acceptors (Lipinski definition) is 6. The minimum Gasteiger partial charge on any atom is -0.295 e. The molecule has 0 saturated heterocycles. The number of H-pyrrole nitrogens is 1. The van der Waals surface area contributed by atoms with Gasteiger partial charge in [0.05, 0.1) is 0 Å². The lowest BCUT2D eigenvalue weighted by Crippen LogP contribution is -2.10. The number of rotatable bonds is 2. The van der Waals surface area contributed by atoms with Crippen LogP contribution in [0.25, 0.3) is 34.1 Å². The van der Waals surface area contributed by atoms with Gasteiger partial charge in [-0.3, -0.25) is 14.1 Å². The van der Waals surface area contributed by atoms with Crippen LogP contribution < -0.4 is 5.76 Å². The van der Waals surface area contributed by atoms with E-state index >= 15 is 0 Å². The van der Waals surface area contributed by atoms with Gasteiger partial charge in [0.25, 0.3) is 0 Å². The Hall–Kier alpha value is -3.25. The first-order chi connectivity index (χ1) is 15.1. The highest BCUT2D eigenvalue weighted by Crippen LogP contribution is 2.30. The Morgan fingerprint density at radius 2 is 2.06 bits per heavy atom. The molecule has 5 rings (SSSR count). The Morgan fingerprint density at radius 3 is 2.81 bits per heavy atom. The summed E-state index contributed by atoms with van der Waals surface area (Å²) in [7, 11) is 0. The number of benzene rings is 1. The maximum Gasteiger partial charge on any atom is 0.439 e. The molecule has 1 aliphatic carbocycles. The first-order valence-corrected chi connectivity index (χ1v) is 10.9. The second-order valence-corrected chi connectivity index (χ2v) is 8.77. The van der Waals surface area contributed by atoms with Crippen molar-refractivity contribution in [3.8, 4) is 34.9 Å². The van der Waals surface area contributed by atoms with E-state index in [0.29, 0.717) is 22.8 Å². The summed E-state index contributed by atoms with van der Waals surface area (Å²) in [5, 5.41) is 3.72. The molecule has 1 aromatic carbocycles. The lowest BCUT2D eigenvalue weighted by Gasteiger charge is -2.21. The molecule has 0 atom stereocenters. The zero-order valence-electron chi connectivity index (χ0n) is 16.8. The minimum atomic E-state index is -0.666. The van der Waals surface area contributed by atoms with Gasteiger partial charge in [-0.1, -0.05) is 46.1 Å². The molecule has 1 aliphatic rings. The number of nitrogens with zero attached hydrogens (tertiary/aromatic N) is 5. The Labute approximate surface area is 186 Å². The van der Waals surface area contributed by atoms with Crippen molar-refractivity contribution in [3.05, 3.63) is 45.6 Å². The summed E-state index contributed by atoms with van der Waals surface area (Å²) < 4.78 is 7.33. The molecule has 3 aromatic heterocycles. The van der Waals surface area contributed by atoms with Crippen LogP contribution in [-0.4, -0.2) is 29.7 Å². The van der Waals surface area contributed by atoms with E-state index in [1.807, 2.05) is 24.3 Å². The van der Waals surface area contributed by atoms with Crippen molar-refractivity contribution in [1.82, 2.24) is 29.7 Å². The molecule has 1 N–H and O–H groups in total. The van der Waals surface area contributed by atoms with Crippen LogP contribution in [0.3, 0.4) is 0 Å². The van der Waals surface area contributed by atoms with Crippen LogP contribution in [0.1, 0.15) is 32.6 Å². The summed E-state index contributed by atoms with van der Waals surface area (Å²) >= 11 is 3.52. The van der Waals surface area contributed by atoms with Crippen molar-refractivity contribution in [2.24, 2.45) is 11.8 Å². The van der Waals surface area contributed by atoms with Gasteiger partial charge < -0.3 is 0 Å². The molecule has 3 heterocycles. The molecule has 0 radical (unpaired) electrons. The van der Waals surface area contributed by atoms with E-state index in [9.17, 15) is 4.79 Å². The van der Waals surface area contributed by atoms with E-state index < -0.39 is 5.76 Å². The first-order valence-electron chi connectivity index (χ1n) is 10.2. The summed E-state index contributed by atoms with van der Waals surface area (Å²) in [4.78, 5) is 27.5. The zero-order chi connectivity index (χ0) is 21.4. The van der Waals surface area contributed by atoms with Crippen molar-refractivity contribution in [2.75, 3.05) is 0 Å². The van der Waals surface area contributed by atoms with E-state index in [1.54, 1.807) is 10.9 Å². The molecule has 9 heteroatoms. The molecule has 8 nitrogen and oxygen atoms in total. The summed E-state index contributed by atoms with van der Waals surface area (Å²) in [6.45, 7) is 2.30. The third-order valence-corrected chi connectivity index (χ3v) is 6.05. The van der Waals surface area contributed by atoms with Crippen LogP contribution in [0.15, 0.2) is 44.4 Å². The SMILES string of the molecule is CC1CCC(C#Cn2cnc3nc(-c4noc(=O)[nH]4)nc(-c4cccc(Br)c4)c32)CC1. The summed E-state index contributed by atoms with van der Waals surface area (Å²) in [5.74, 6) is 4.30. The molecule has 1 fully saturated rings. The zero-order valence-corrected chi connectivity index (χ0v) is 18.4. The van der Waals surface area contributed by atoms with E-state index in [0.717, 1.165) is 28.8 Å². The highest BCUT2D eigenvalue weighted by molar-refractivity contribution is 9.10. The van der Waals surface area contributed by atoms with Crippen LogP contribution in [0, 0.1) is 23.8 Å². The minimum absolute atomic E-state index is 0.153. The molecular weight excluding hydrogens is 460 g/mol. The molecule has 1 saturated carbocycles. The van der Waals surface area contributed by atoms with Gasteiger partial charge in [0, 0.05) is 22.0 Å². The molecule has 0 bridgehead atoms. The third-order valence-electron chi connectivity index (χ3n) is 5.56. The number of aromatic nitrogens is 6. The van der Waals surface area contributed by atoms with E-state index in [4.69, 9.17) is 0 Å². The van der Waals surface area contributed by atoms with Crippen molar-refractivity contribution in [3.63, 3.8) is 0 Å². The molecule has 0 unspecified atom stereocenters. The number of fused-ring (bicyclic) bond motifs is 1. The number of imidazole rings is 1. The van der Waals surface area contributed by atoms with E-state index in [1.165, 1.54) is 12.8 Å². The second kappa shape index (κ2) is 8.12. The fraction of sp³-hybridized carbons (Fsp3) is 0.318. The lowest BCUT2D eigenvalue weighted by atomic mass is 9.83. The van der Waals surface area contributed by atoms with Crippen molar-refractivity contribution in [2.45, 2.75) is 32.6 Å². The van der Waals surface area contributed by atoms with Gasteiger partial charge in [0.1, 0.15) is 17.5 Å². The van der Waals surface area contributed by atoms with Crippen molar-refractivity contribution in [1.29, 1.82) is 0 Å². The lowest BCUT2D eigenvalue weighted by molar-refractivity contribution is 0.337. The average molecular weight is 479 g/mol. The van der Waals surface area contributed by atoms with Gasteiger partial charge in [0.15, 0.2) is 5.65 Å². The fourth-order valence-electron chi connectivity index (χ4n) is 3.84. The summed E-state index contributed by atoms with van der Waals surface area (Å²) in [5.41, 5.74) is 2.69. The van der Waals surface area contributed by atoms with Crippen LogP contribution in [0.5, 0.6) is 0 Å². The van der Waals surface area contributed by atoms with E-state index in [2.05, 4.69) is 64.4 Å². The molecule has 31 heavy (non-hydrogen) atoms. The van der Waals surface area contributed by atoms with Gasteiger partial charge in [-0.15, -0.1) is 0 Å². The Balaban J connectivity index is 1.65. The van der Waals surface area contributed by atoms with Gasteiger partial charge in [-0.05, 0) is 43.7 Å². The van der Waals surface area contributed by atoms with Crippen LogP contribution in [0.2, 0.25) is 0 Å². The van der Waals surface area contributed by atoms with Gasteiger partial charge >= 0.3 is 5.76 Å². The second-order valence-electron chi connectivity index (χ2n) is 7.85. The number of aromatic amines is 1. The quantitative estimate of drug-likeness (QED) is 0.432.